The van der Waals surface area contributed by atoms with Gasteiger partial charge in [0.15, 0.2) is 0 Å². The van der Waals surface area contributed by atoms with Gasteiger partial charge in [-0.2, -0.15) is 0 Å². The molecule has 0 saturated carbocycles. The van der Waals surface area contributed by atoms with Gasteiger partial charge >= 0.3 is 0 Å². The maximum atomic E-state index is 12.0. The van der Waals surface area contributed by atoms with Gasteiger partial charge in [0.1, 0.15) is 17.1 Å². The van der Waals surface area contributed by atoms with Crippen LogP contribution in [0.4, 0.5) is 11.4 Å². The van der Waals surface area contributed by atoms with Gasteiger partial charge in [-0.05, 0) is 26.2 Å². The van der Waals surface area contributed by atoms with Crippen molar-refractivity contribution in [3.05, 3.63) is 44.6 Å². The highest BCUT2D eigenvalue weighted by Crippen LogP contribution is 2.24. The fourth-order valence-electron chi connectivity index (χ4n) is 3.11. The Hall–Kier alpha value is -2.16. The van der Waals surface area contributed by atoms with Crippen molar-refractivity contribution >= 4 is 11.4 Å². The highest BCUT2D eigenvalue weighted by molar-refractivity contribution is 5.74. The summed E-state index contributed by atoms with van der Waals surface area (Å²) in [7, 11) is 3.92. The van der Waals surface area contributed by atoms with Crippen molar-refractivity contribution in [3.63, 3.8) is 0 Å². The lowest BCUT2D eigenvalue weighted by Gasteiger charge is -2.33. The molecule has 8 nitrogen and oxygen atoms in total. The van der Waals surface area contributed by atoms with Crippen LogP contribution in [0, 0.1) is 0 Å². The first-order chi connectivity index (χ1) is 12.6. The second-order valence-electron chi connectivity index (χ2n) is 6.70. The number of hydrogen-bond donors (Lipinski definition) is 2. The maximum Gasteiger partial charge on any atom is 0.253 e. The molecule has 0 amide bonds. The van der Waals surface area contributed by atoms with Crippen molar-refractivity contribution in [3.8, 4) is 0 Å². The van der Waals surface area contributed by atoms with E-state index in [2.05, 4.69) is 15.5 Å². The third kappa shape index (κ3) is 4.14. The monoisotopic (exact) mass is 362 g/mol. The van der Waals surface area contributed by atoms with Crippen molar-refractivity contribution in [1.82, 2.24) is 9.80 Å². The molecule has 0 spiro atoms. The van der Waals surface area contributed by atoms with Crippen molar-refractivity contribution in [1.29, 1.82) is 0 Å². The molecule has 2 N–H and O–H groups in total. The van der Waals surface area contributed by atoms with Crippen LogP contribution in [0.25, 0.3) is 0 Å². The van der Waals surface area contributed by atoms with Gasteiger partial charge < -0.3 is 24.7 Å². The number of rotatable bonds is 9. The van der Waals surface area contributed by atoms with Crippen LogP contribution in [0.3, 0.4) is 0 Å². The van der Waals surface area contributed by atoms with E-state index in [0.717, 1.165) is 25.4 Å². The Bertz CT molecular complexity index is 759. The number of hydrogen-bond acceptors (Lipinski definition) is 8. The molecule has 2 heterocycles. The zero-order chi connectivity index (χ0) is 18.5. The maximum absolute atomic E-state index is 12.0. The summed E-state index contributed by atoms with van der Waals surface area (Å²) < 4.78 is 11.0. The molecule has 1 aromatic heterocycles. The van der Waals surface area contributed by atoms with Crippen molar-refractivity contribution in [2.75, 3.05) is 70.7 Å². The number of anilines is 2. The summed E-state index contributed by atoms with van der Waals surface area (Å²) in [6.45, 7) is 4.82. The van der Waals surface area contributed by atoms with Crippen LogP contribution in [-0.2, 0) is 4.74 Å². The van der Waals surface area contributed by atoms with Crippen LogP contribution in [0.2, 0.25) is 0 Å². The number of nitrogens with one attached hydrogen (secondary N) is 2. The number of morpholine rings is 1. The van der Waals surface area contributed by atoms with Gasteiger partial charge in [-0.3, -0.25) is 14.5 Å². The van der Waals surface area contributed by atoms with Gasteiger partial charge in [-0.25, -0.2) is 0 Å². The van der Waals surface area contributed by atoms with E-state index in [4.69, 9.17) is 9.15 Å². The standard InChI is InChI=1S/C18H26N4O4/c1-21(2)6-5-19-15-16(18(24)17(15)23)20-12-13(14-4-3-9-26-14)22-7-10-25-11-8-22/h3-4,9,13,19-20H,5-8,10-12H2,1-2H3/t13-/m0/s1. The second kappa shape index (κ2) is 8.48. The van der Waals surface area contributed by atoms with E-state index in [1.165, 1.54) is 0 Å². The summed E-state index contributed by atoms with van der Waals surface area (Å²) in [5, 5.41) is 6.23. The van der Waals surface area contributed by atoms with Crippen LogP contribution in [0.15, 0.2) is 32.4 Å². The van der Waals surface area contributed by atoms with Gasteiger partial charge in [-0.15, -0.1) is 0 Å². The third-order valence-corrected chi connectivity index (χ3v) is 4.60. The number of nitrogens with zero attached hydrogens (tertiary/aromatic N) is 2. The first kappa shape index (κ1) is 18.6. The van der Waals surface area contributed by atoms with Gasteiger partial charge in [-0.1, -0.05) is 0 Å². The molecule has 0 aliphatic carbocycles. The predicted molar refractivity (Wildman–Crippen MR) is 101 cm³/mol. The molecular formula is C18H26N4O4. The molecule has 1 aliphatic rings. The zero-order valence-corrected chi connectivity index (χ0v) is 15.3. The Kier molecular flexibility index (Phi) is 6.08. The Morgan fingerprint density at radius 1 is 1.15 bits per heavy atom. The first-order valence-corrected chi connectivity index (χ1v) is 8.89. The fourth-order valence-corrected chi connectivity index (χ4v) is 3.11. The Labute approximate surface area is 152 Å². The smallest absolute Gasteiger partial charge is 0.253 e. The van der Waals surface area contributed by atoms with E-state index in [1.807, 2.05) is 31.1 Å². The molecule has 8 heteroatoms. The molecule has 1 aromatic carbocycles. The van der Waals surface area contributed by atoms with Crippen LogP contribution < -0.4 is 21.5 Å². The van der Waals surface area contributed by atoms with Crippen LogP contribution in [0.1, 0.15) is 11.8 Å². The minimum atomic E-state index is -0.461. The lowest BCUT2D eigenvalue weighted by molar-refractivity contribution is 0.0144. The van der Waals surface area contributed by atoms with Crippen LogP contribution >= 0.6 is 0 Å². The highest BCUT2D eigenvalue weighted by Gasteiger charge is 2.27. The van der Waals surface area contributed by atoms with Crippen LogP contribution in [0.5, 0.6) is 0 Å². The minimum absolute atomic E-state index is 0.0204. The van der Waals surface area contributed by atoms with E-state index in [9.17, 15) is 9.59 Å². The Morgan fingerprint density at radius 3 is 2.46 bits per heavy atom. The minimum Gasteiger partial charge on any atom is -0.468 e. The van der Waals surface area contributed by atoms with E-state index in [0.29, 0.717) is 37.7 Å². The molecule has 1 atom stereocenters. The SMILES string of the molecule is CN(C)CCNc1c(NC[C@@H](c2ccco2)N2CCOCC2)c(=O)c1=O. The van der Waals surface area contributed by atoms with Crippen LogP contribution in [-0.4, -0.2) is 69.8 Å². The Morgan fingerprint density at radius 2 is 1.85 bits per heavy atom. The molecule has 1 aliphatic heterocycles. The second-order valence-corrected chi connectivity index (χ2v) is 6.70. The van der Waals surface area contributed by atoms with E-state index >= 15 is 0 Å². The molecule has 142 valence electrons. The lowest BCUT2D eigenvalue weighted by atomic mass is 10.1. The molecule has 2 aromatic rings. The van der Waals surface area contributed by atoms with E-state index in [1.54, 1.807) is 6.26 Å². The van der Waals surface area contributed by atoms with Gasteiger partial charge in [0.2, 0.25) is 0 Å². The summed E-state index contributed by atoms with van der Waals surface area (Å²) in [5.74, 6) is 0.834. The largest absolute Gasteiger partial charge is 0.468 e. The molecule has 0 bridgehead atoms. The van der Waals surface area contributed by atoms with Gasteiger partial charge in [0.25, 0.3) is 10.9 Å². The summed E-state index contributed by atoms with van der Waals surface area (Å²) in [5.41, 5.74) is -0.153. The topological polar surface area (TPSA) is 87.0 Å². The summed E-state index contributed by atoms with van der Waals surface area (Å²) in [6, 6.07) is 3.77. The average molecular weight is 362 g/mol. The summed E-state index contributed by atoms with van der Waals surface area (Å²) in [6.07, 6.45) is 1.65. The summed E-state index contributed by atoms with van der Waals surface area (Å²) >= 11 is 0. The normalized spacial score (nSPS) is 16.9. The zero-order valence-electron chi connectivity index (χ0n) is 15.3. The highest BCUT2D eigenvalue weighted by atomic mass is 16.5. The van der Waals surface area contributed by atoms with Crippen molar-refractivity contribution < 1.29 is 9.15 Å². The quantitative estimate of drug-likeness (QED) is 0.618. The lowest BCUT2D eigenvalue weighted by Crippen LogP contribution is -2.43. The summed E-state index contributed by atoms with van der Waals surface area (Å²) in [4.78, 5) is 28.1. The molecular weight excluding hydrogens is 336 g/mol. The molecule has 0 unspecified atom stereocenters. The third-order valence-electron chi connectivity index (χ3n) is 4.60. The van der Waals surface area contributed by atoms with Gasteiger partial charge in [0, 0.05) is 32.7 Å². The molecule has 26 heavy (non-hydrogen) atoms. The first-order valence-electron chi connectivity index (χ1n) is 8.89. The number of ether oxygens (including phenoxy) is 1. The molecule has 1 saturated heterocycles. The van der Waals surface area contributed by atoms with Crippen molar-refractivity contribution in [2.24, 2.45) is 0 Å². The fraction of sp³-hybridized carbons (Fsp3) is 0.556. The predicted octanol–water partition coefficient (Wildman–Crippen LogP) is 0.335. The van der Waals surface area contributed by atoms with Crippen molar-refractivity contribution in [2.45, 2.75) is 6.04 Å². The van der Waals surface area contributed by atoms with Gasteiger partial charge in [0.05, 0.1) is 25.5 Å². The average Bonchev–Trinajstić information content (AvgIpc) is 3.17. The number of likely N-dealkylation sites (N-methyl/N-ethyl adjacent to an activating group) is 1. The Balaban J connectivity index is 1.66. The molecule has 3 rings (SSSR count). The molecule has 0 radical (unpaired) electrons. The number of furan rings is 1. The van der Waals surface area contributed by atoms with E-state index in [-0.39, 0.29) is 6.04 Å². The van der Waals surface area contributed by atoms with E-state index < -0.39 is 10.9 Å². The molecule has 1 fully saturated rings.